The van der Waals surface area contributed by atoms with Gasteiger partial charge >= 0.3 is 0 Å². The summed E-state index contributed by atoms with van der Waals surface area (Å²) in [7, 11) is 0. The van der Waals surface area contributed by atoms with E-state index in [1.807, 2.05) is 35.8 Å². The molecule has 0 saturated carbocycles. The lowest BCUT2D eigenvalue weighted by atomic mass is 10.2. The maximum Gasteiger partial charge on any atom is 0.160 e. The van der Waals surface area contributed by atoms with Crippen LogP contribution in [0.5, 0.6) is 0 Å². The molecular weight excluding hydrogens is 260 g/mol. The molecule has 0 aliphatic carbocycles. The van der Waals surface area contributed by atoms with Gasteiger partial charge in [-0.2, -0.15) is 0 Å². The molecule has 0 radical (unpaired) electrons. The number of hydrogen-bond donors (Lipinski definition) is 1. The second-order valence-electron chi connectivity index (χ2n) is 4.44. The fourth-order valence-electron chi connectivity index (χ4n) is 2.12. The summed E-state index contributed by atoms with van der Waals surface area (Å²) < 4.78 is 2.05. The van der Waals surface area contributed by atoms with Crippen LogP contribution in [-0.2, 0) is 6.54 Å². The monoisotopic (exact) mass is 272 g/mol. The van der Waals surface area contributed by atoms with E-state index in [0.29, 0.717) is 17.3 Å². The van der Waals surface area contributed by atoms with Crippen LogP contribution in [0.4, 0.5) is 5.69 Å². The van der Waals surface area contributed by atoms with Crippen LogP contribution in [-0.4, -0.2) is 14.5 Å². The number of nitrogen functional groups attached to an aromatic ring is 1. The topological polar surface area (TPSA) is 56.7 Å². The number of benzene rings is 1. The van der Waals surface area contributed by atoms with Gasteiger partial charge in [-0.25, -0.2) is 9.97 Å². The number of aryl methyl sites for hydroxylation is 1. The number of halogens is 1. The van der Waals surface area contributed by atoms with E-state index >= 15 is 0 Å². The first-order valence-electron chi connectivity index (χ1n) is 5.97. The zero-order valence-corrected chi connectivity index (χ0v) is 11.2. The molecule has 96 valence electrons. The summed E-state index contributed by atoms with van der Waals surface area (Å²) in [6.45, 7) is 2.60. The van der Waals surface area contributed by atoms with Crippen molar-refractivity contribution in [2.24, 2.45) is 0 Å². The van der Waals surface area contributed by atoms with Crippen LogP contribution in [0.25, 0.3) is 11.2 Å². The molecule has 3 rings (SSSR count). The minimum Gasteiger partial charge on any atom is -0.399 e. The van der Waals surface area contributed by atoms with Gasteiger partial charge in [0.25, 0.3) is 0 Å². The maximum atomic E-state index is 6.22. The number of imidazole rings is 1. The smallest absolute Gasteiger partial charge is 0.160 e. The molecule has 2 N–H and O–H groups in total. The van der Waals surface area contributed by atoms with Crippen molar-refractivity contribution in [3.63, 3.8) is 0 Å². The molecule has 0 unspecified atom stereocenters. The Kier molecular flexibility index (Phi) is 2.87. The third kappa shape index (κ3) is 2.15. The van der Waals surface area contributed by atoms with Gasteiger partial charge in [-0.05, 0) is 36.8 Å². The van der Waals surface area contributed by atoms with E-state index < -0.39 is 0 Å². The first-order chi connectivity index (χ1) is 9.15. The third-order valence-corrected chi connectivity index (χ3v) is 3.45. The van der Waals surface area contributed by atoms with Crippen LogP contribution in [0.3, 0.4) is 0 Å². The molecule has 5 heteroatoms. The average Bonchev–Trinajstić information content (AvgIpc) is 2.69. The second-order valence-corrected chi connectivity index (χ2v) is 4.85. The maximum absolute atomic E-state index is 6.22. The van der Waals surface area contributed by atoms with Gasteiger partial charge in [0.15, 0.2) is 5.65 Å². The molecule has 19 heavy (non-hydrogen) atoms. The lowest BCUT2D eigenvalue weighted by molar-refractivity contribution is 0.778. The van der Waals surface area contributed by atoms with Crippen LogP contribution < -0.4 is 5.73 Å². The van der Waals surface area contributed by atoms with Crippen LogP contribution in [0.1, 0.15) is 11.4 Å². The molecule has 2 heterocycles. The molecule has 0 fully saturated rings. The van der Waals surface area contributed by atoms with Crippen molar-refractivity contribution in [2.75, 3.05) is 5.73 Å². The Morgan fingerprint density at radius 1 is 1.32 bits per heavy atom. The first kappa shape index (κ1) is 12.0. The third-order valence-electron chi connectivity index (χ3n) is 3.10. The van der Waals surface area contributed by atoms with Crippen molar-refractivity contribution >= 4 is 28.5 Å². The van der Waals surface area contributed by atoms with Crippen molar-refractivity contribution in [2.45, 2.75) is 13.5 Å². The number of nitrogens with zero attached hydrogens (tertiary/aromatic N) is 3. The molecule has 1 aromatic carbocycles. The van der Waals surface area contributed by atoms with Crippen molar-refractivity contribution in [3.05, 3.63) is 52.9 Å². The molecule has 0 amide bonds. The number of anilines is 1. The van der Waals surface area contributed by atoms with Gasteiger partial charge in [0.05, 0.1) is 6.54 Å². The molecule has 0 aliphatic rings. The van der Waals surface area contributed by atoms with E-state index in [1.54, 1.807) is 12.3 Å². The second kappa shape index (κ2) is 4.55. The Balaban J connectivity index is 2.08. The fourth-order valence-corrected chi connectivity index (χ4v) is 2.37. The summed E-state index contributed by atoms with van der Waals surface area (Å²) in [5.41, 5.74) is 9.14. The van der Waals surface area contributed by atoms with Crippen molar-refractivity contribution in [3.8, 4) is 0 Å². The van der Waals surface area contributed by atoms with E-state index in [9.17, 15) is 0 Å². The molecule has 3 aromatic rings. The van der Waals surface area contributed by atoms with Gasteiger partial charge in [-0.1, -0.05) is 17.7 Å². The highest BCUT2D eigenvalue weighted by Crippen LogP contribution is 2.22. The van der Waals surface area contributed by atoms with Gasteiger partial charge in [-0.15, -0.1) is 0 Å². The van der Waals surface area contributed by atoms with E-state index in [1.165, 1.54) is 0 Å². The number of hydrogen-bond acceptors (Lipinski definition) is 3. The number of rotatable bonds is 2. The Labute approximate surface area is 115 Å². The summed E-state index contributed by atoms with van der Waals surface area (Å²) in [6, 6.07) is 9.39. The molecule has 0 bridgehead atoms. The van der Waals surface area contributed by atoms with Gasteiger partial charge < -0.3 is 10.3 Å². The number of nitrogens with two attached hydrogens (primary N) is 1. The number of pyridine rings is 1. The standard InChI is InChI=1S/C14H13ClN4/c1-9-18-13-3-2-6-17-14(13)19(9)8-10-4-5-11(16)7-12(10)15/h2-7H,8,16H2,1H3. The predicted octanol–water partition coefficient (Wildman–Crippen LogP) is 3.02. The zero-order valence-electron chi connectivity index (χ0n) is 10.5. The minimum absolute atomic E-state index is 0.637. The largest absolute Gasteiger partial charge is 0.399 e. The molecular formula is C14H13ClN4. The lowest BCUT2D eigenvalue weighted by Crippen LogP contribution is -2.03. The summed E-state index contributed by atoms with van der Waals surface area (Å²) in [4.78, 5) is 8.87. The van der Waals surface area contributed by atoms with E-state index in [2.05, 4.69) is 9.97 Å². The van der Waals surface area contributed by atoms with Gasteiger partial charge in [0.1, 0.15) is 11.3 Å². The molecule has 0 saturated heterocycles. The highest BCUT2D eigenvalue weighted by Gasteiger charge is 2.10. The molecule has 0 spiro atoms. The molecule has 2 aromatic heterocycles. The summed E-state index contributed by atoms with van der Waals surface area (Å²) in [5.74, 6) is 0.918. The van der Waals surface area contributed by atoms with Crippen LogP contribution >= 0.6 is 11.6 Å². The van der Waals surface area contributed by atoms with Crippen LogP contribution in [0.15, 0.2) is 36.5 Å². The van der Waals surface area contributed by atoms with Crippen molar-refractivity contribution < 1.29 is 0 Å². The lowest BCUT2D eigenvalue weighted by Gasteiger charge is -2.08. The van der Waals surface area contributed by atoms with Gasteiger partial charge in [0.2, 0.25) is 0 Å². The molecule has 0 aliphatic heterocycles. The minimum atomic E-state index is 0.637. The van der Waals surface area contributed by atoms with Gasteiger partial charge in [-0.3, -0.25) is 0 Å². The normalized spacial score (nSPS) is 11.1. The van der Waals surface area contributed by atoms with E-state index in [4.69, 9.17) is 17.3 Å². The van der Waals surface area contributed by atoms with Gasteiger partial charge in [0, 0.05) is 16.9 Å². The van der Waals surface area contributed by atoms with E-state index in [-0.39, 0.29) is 0 Å². The van der Waals surface area contributed by atoms with Crippen molar-refractivity contribution in [1.29, 1.82) is 0 Å². The van der Waals surface area contributed by atoms with E-state index in [0.717, 1.165) is 22.6 Å². The summed E-state index contributed by atoms with van der Waals surface area (Å²) in [5, 5.41) is 0.664. The average molecular weight is 273 g/mol. The Hall–Kier alpha value is -2.07. The van der Waals surface area contributed by atoms with Crippen LogP contribution in [0.2, 0.25) is 5.02 Å². The Bertz CT molecular complexity index is 748. The Morgan fingerprint density at radius 3 is 2.95 bits per heavy atom. The molecule has 0 atom stereocenters. The SMILES string of the molecule is Cc1nc2cccnc2n1Cc1ccc(N)cc1Cl. The van der Waals surface area contributed by atoms with Crippen LogP contribution in [0, 0.1) is 6.92 Å². The summed E-state index contributed by atoms with van der Waals surface area (Å²) in [6.07, 6.45) is 1.77. The fraction of sp³-hybridized carbons (Fsp3) is 0.143. The zero-order chi connectivity index (χ0) is 13.4. The predicted molar refractivity (Wildman–Crippen MR) is 77.2 cm³/mol. The number of aromatic nitrogens is 3. The first-order valence-corrected chi connectivity index (χ1v) is 6.35. The molecule has 4 nitrogen and oxygen atoms in total. The highest BCUT2D eigenvalue weighted by atomic mass is 35.5. The quantitative estimate of drug-likeness (QED) is 0.730. The summed E-state index contributed by atoms with van der Waals surface area (Å²) >= 11 is 6.22. The Morgan fingerprint density at radius 2 is 2.16 bits per heavy atom. The highest BCUT2D eigenvalue weighted by molar-refractivity contribution is 6.31. The number of fused-ring (bicyclic) bond motifs is 1. The van der Waals surface area contributed by atoms with Crippen molar-refractivity contribution in [1.82, 2.24) is 14.5 Å².